The van der Waals surface area contributed by atoms with Crippen LogP contribution in [0.2, 0.25) is 0 Å². The van der Waals surface area contributed by atoms with Crippen LogP contribution in [0.5, 0.6) is 0 Å². The summed E-state index contributed by atoms with van der Waals surface area (Å²) >= 11 is 1.41. The van der Waals surface area contributed by atoms with Crippen molar-refractivity contribution in [2.75, 3.05) is 13.1 Å². The molecule has 144 valence electrons. The molecule has 3 saturated heterocycles. The Morgan fingerprint density at radius 1 is 1.15 bits per heavy atom. The molecule has 3 aliphatic rings. The van der Waals surface area contributed by atoms with Crippen molar-refractivity contribution in [2.45, 2.75) is 36.7 Å². The third-order valence-corrected chi connectivity index (χ3v) is 7.83. The number of nitrogens with two attached hydrogens (primary N) is 1. The van der Waals surface area contributed by atoms with Crippen LogP contribution in [0.3, 0.4) is 0 Å². The van der Waals surface area contributed by atoms with Gasteiger partial charge in [0.2, 0.25) is 10.0 Å². The van der Waals surface area contributed by atoms with Crippen LogP contribution in [-0.2, 0) is 10.0 Å². The van der Waals surface area contributed by atoms with E-state index in [4.69, 9.17) is 5.14 Å². The van der Waals surface area contributed by atoms with Gasteiger partial charge in [-0.15, -0.1) is 11.3 Å². The normalized spacial score (nSPS) is 27.5. The molecule has 5 rings (SSSR count). The van der Waals surface area contributed by atoms with E-state index in [1.165, 1.54) is 23.5 Å². The minimum atomic E-state index is -3.70. The van der Waals surface area contributed by atoms with Crippen molar-refractivity contribution in [1.82, 2.24) is 10.2 Å². The fraction of sp³-hybridized carbons (Fsp3) is 0.421. The van der Waals surface area contributed by atoms with E-state index in [9.17, 15) is 13.2 Å². The zero-order valence-corrected chi connectivity index (χ0v) is 16.7. The number of hydrogen-bond acceptors (Lipinski definition) is 5. The molecule has 8 heteroatoms. The van der Waals surface area contributed by atoms with Gasteiger partial charge in [-0.1, -0.05) is 12.1 Å². The van der Waals surface area contributed by atoms with Crippen LogP contribution in [0.4, 0.5) is 0 Å². The number of primary sulfonamides is 1. The first-order valence-corrected chi connectivity index (χ1v) is 11.5. The number of fused-ring (bicyclic) bond motifs is 3. The molecule has 0 aliphatic carbocycles. The van der Waals surface area contributed by atoms with Gasteiger partial charge < -0.3 is 5.32 Å². The van der Waals surface area contributed by atoms with Gasteiger partial charge in [0, 0.05) is 17.0 Å². The summed E-state index contributed by atoms with van der Waals surface area (Å²) in [5.74, 6) is 0.539. The molecule has 0 radical (unpaired) electrons. The molecule has 0 saturated carbocycles. The van der Waals surface area contributed by atoms with E-state index in [1.54, 1.807) is 12.1 Å². The smallest absolute Gasteiger partial charge is 0.261 e. The monoisotopic (exact) mass is 405 g/mol. The van der Waals surface area contributed by atoms with Gasteiger partial charge in [-0.3, -0.25) is 9.69 Å². The molecule has 1 aromatic carbocycles. The Hall–Kier alpha value is -1.74. The molecule has 2 aromatic rings. The van der Waals surface area contributed by atoms with Gasteiger partial charge in [0.05, 0.1) is 9.77 Å². The Morgan fingerprint density at radius 3 is 2.41 bits per heavy atom. The summed E-state index contributed by atoms with van der Waals surface area (Å²) in [7, 11) is -3.70. The summed E-state index contributed by atoms with van der Waals surface area (Å²) in [5.41, 5.74) is 0.864. The van der Waals surface area contributed by atoms with Crippen molar-refractivity contribution in [3.63, 3.8) is 0 Å². The number of rotatable bonds is 4. The van der Waals surface area contributed by atoms with Crippen molar-refractivity contribution >= 4 is 27.3 Å². The lowest BCUT2D eigenvalue weighted by Gasteiger charge is -2.49. The van der Waals surface area contributed by atoms with Crippen LogP contribution < -0.4 is 10.5 Å². The number of nitrogens with zero attached hydrogens (tertiary/aromatic N) is 1. The second-order valence-corrected chi connectivity index (χ2v) is 9.99. The van der Waals surface area contributed by atoms with E-state index in [-0.39, 0.29) is 16.8 Å². The largest absolute Gasteiger partial charge is 0.347 e. The molecule has 2 unspecified atom stereocenters. The Labute approximate surface area is 163 Å². The van der Waals surface area contributed by atoms with Gasteiger partial charge in [0.25, 0.3) is 5.91 Å². The number of benzene rings is 1. The average molecular weight is 406 g/mol. The first-order valence-electron chi connectivity index (χ1n) is 9.11. The Bertz CT molecular complexity index is 943. The Balaban J connectivity index is 1.48. The SMILES string of the molecule is CC1C(NC(=O)c2ccc(-c3ccc(S(N)(=O)=O)cc3)s2)C2CCN1CC2. The highest BCUT2D eigenvalue weighted by molar-refractivity contribution is 7.89. The molecule has 1 amide bonds. The predicted octanol–water partition coefficient (Wildman–Crippen LogP) is 2.28. The average Bonchev–Trinajstić information content (AvgIpc) is 3.15. The first kappa shape index (κ1) is 18.6. The van der Waals surface area contributed by atoms with Gasteiger partial charge in [-0.05, 0) is 68.6 Å². The fourth-order valence-electron chi connectivity index (χ4n) is 4.19. The lowest BCUT2D eigenvalue weighted by Crippen LogP contribution is -2.62. The van der Waals surface area contributed by atoms with Gasteiger partial charge in [0.15, 0.2) is 0 Å². The topological polar surface area (TPSA) is 92.5 Å². The zero-order chi connectivity index (χ0) is 19.2. The van der Waals surface area contributed by atoms with E-state index in [2.05, 4.69) is 17.1 Å². The number of carbonyl (C=O) groups is 1. The summed E-state index contributed by atoms with van der Waals surface area (Å²) in [6.45, 7) is 4.47. The number of amides is 1. The number of carbonyl (C=O) groups excluding carboxylic acids is 1. The molecular weight excluding hydrogens is 382 g/mol. The van der Waals surface area contributed by atoms with Crippen LogP contribution in [0.1, 0.15) is 29.4 Å². The lowest BCUT2D eigenvalue weighted by atomic mass is 9.79. The first-order chi connectivity index (χ1) is 12.8. The standard InChI is InChI=1S/C19H23N3O3S2/c1-12-18(14-8-10-22(12)11-9-14)21-19(23)17-7-6-16(26-17)13-2-4-15(5-3-13)27(20,24)25/h2-7,12,14,18H,8-11H2,1H3,(H,21,23)(H2,20,24,25). The van der Waals surface area contributed by atoms with Crippen molar-refractivity contribution < 1.29 is 13.2 Å². The molecule has 0 spiro atoms. The molecular formula is C19H23N3O3S2. The summed E-state index contributed by atoms with van der Waals surface area (Å²) in [5, 5.41) is 8.38. The van der Waals surface area contributed by atoms with E-state index < -0.39 is 10.0 Å². The second-order valence-electron chi connectivity index (χ2n) is 7.35. The fourth-order valence-corrected chi connectivity index (χ4v) is 5.62. The van der Waals surface area contributed by atoms with Crippen LogP contribution in [-0.4, -0.2) is 44.4 Å². The summed E-state index contributed by atoms with van der Waals surface area (Å²) in [4.78, 5) is 16.9. The van der Waals surface area contributed by atoms with Gasteiger partial charge in [-0.2, -0.15) is 0 Å². The minimum Gasteiger partial charge on any atom is -0.347 e. The summed E-state index contributed by atoms with van der Waals surface area (Å²) < 4.78 is 22.7. The molecule has 4 heterocycles. The predicted molar refractivity (Wildman–Crippen MR) is 106 cm³/mol. The maximum atomic E-state index is 12.7. The quantitative estimate of drug-likeness (QED) is 0.816. The van der Waals surface area contributed by atoms with Crippen molar-refractivity contribution in [2.24, 2.45) is 11.1 Å². The molecule has 3 N–H and O–H groups in total. The number of hydrogen-bond donors (Lipinski definition) is 2. The van der Waals surface area contributed by atoms with E-state index in [0.29, 0.717) is 16.8 Å². The maximum Gasteiger partial charge on any atom is 0.261 e. The van der Waals surface area contributed by atoms with Crippen LogP contribution in [0, 0.1) is 5.92 Å². The maximum absolute atomic E-state index is 12.7. The van der Waals surface area contributed by atoms with E-state index in [0.717, 1.165) is 36.4 Å². The highest BCUT2D eigenvalue weighted by atomic mass is 32.2. The van der Waals surface area contributed by atoms with Crippen molar-refractivity contribution in [3.8, 4) is 10.4 Å². The number of piperidine rings is 3. The second kappa shape index (κ2) is 7.01. The lowest BCUT2D eigenvalue weighted by molar-refractivity contribution is 0.0218. The Kier molecular flexibility index (Phi) is 4.84. The Morgan fingerprint density at radius 2 is 1.81 bits per heavy atom. The van der Waals surface area contributed by atoms with Gasteiger partial charge in [-0.25, -0.2) is 13.6 Å². The molecule has 6 nitrogen and oxygen atoms in total. The van der Waals surface area contributed by atoms with E-state index in [1.807, 2.05) is 12.1 Å². The molecule has 2 atom stereocenters. The molecule has 27 heavy (non-hydrogen) atoms. The highest BCUT2D eigenvalue weighted by Gasteiger charge is 2.40. The van der Waals surface area contributed by atoms with E-state index >= 15 is 0 Å². The minimum absolute atomic E-state index is 0.0296. The third kappa shape index (κ3) is 3.67. The van der Waals surface area contributed by atoms with Crippen LogP contribution >= 0.6 is 11.3 Å². The van der Waals surface area contributed by atoms with Gasteiger partial charge in [0.1, 0.15) is 0 Å². The number of thiophene rings is 1. The summed E-state index contributed by atoms with van der Waals surface area (Å²) in [6.07, 6.45) is 2.31. The number of nitrogens with one attached hydrogen (secondary N) is 1. The van der Waals surface area contributed by atoms with Crippen molar-refractivity contribution in [3.05, 3.63) is 41.3 Å². The molecule has 2 bridgehead atoms. The highest BCUT2D eigenvalue weighted by Crippen LogP contribution is 2.33. The van der Waals surface area contributed by atoms with Crippen LogP contribution in [0.15, 0.2) is 41.3 Å². The van der Waals surface area contributed by atoms with Gasteiger partial charge >= 0.3 is 0 Å². The third-order valence-electron chi connectivity index (χ3n) is 5.77. The number of sulfonamides is 1. The molecule has 1 aromatic heterocycles. The van der Waals surface area contributed by atoms with Crippen LogP contribution in [0.25, 0.3) is 10.4 Å². The summed E-state index contributed by atoms with van der Waals surface area (Å²) in [6, 6.07) is 10.7. The van der Waals surface area contributed by atoms with Crippen molar-refractivity contribution in [1.29, 1.82) is 0 Å². The molecule has 3 fully saturated rings. The molecule has 3 aliphatic heterocycles. The zero-order valence-electron chi connectivity index (χ0n) is 15.1.